The van der Waals surface area contributed by atoms with Gasteiger partial charge in [0, 0.05) is 24.1 Å². The number of hydrogen-bond donors (Lipinski definition) is 2. The van der Waals surface area contributed by atoms with Gasteiger partial charge in [-0.2, -0.15) is 20.2 Å². The molecule has 2 N–H and O–H groups in total. The average Bonchev–Trinajstić information content (AvgIpc) is 2.53. The average molecular weight is 428 g/mol. The maximum Gasteiger partial charge on any atom is 0.301 e. The van der Waals surface area contributed by atoms with Crippen LogP contribution in [0, 0.1) is 20.2 Å². The molecular weight excluding hydrogens is 414 g/mol. The molecule has 1 rings (SSSR count). The molecule has 0 saturated carbocycles. The van der Waals surface area contributed by atoms with E-state index in [0.29, 0.717) is 35.9 Å². The van der Waals surface area contributed by atoms with Crippen molar-refractivity contribution >= 4 is 56.5 Å². The number of benzene rings is 1. The van der Waals surface area contributed by atoms with E-state index in [2.05, 4.69) is 0 Å². The predicted octanol–water partition coefficient (Wildman–Crippen LogP) is 2.44. The summed E-state index contributed by atoms with van der Waals surface area (Å²) in [5.74, 6) is 0.986. The fourth-order valence-electron chi connectivity index (χ4n) is 1.86. The van der Waals surface area contributed by atoms with Gasteiger partial charge in [0.05, 0.1) is 15.9 Å². The highest BCUT2D eigenvalue weighted by molar-refractivity contribution is 7.99. The maximum atomic E-state index is 11.9. The van der Waals surface area contributed by atoms with Crippen LogP contribution in [0.1, 0.15) is 12.8 Å². The molecule has 14 heteroatoms. The van der Waals surface area contributed by atoms with E-state index >= 15 is 0 Å². The maximum absolute atomic E-state index is 11.9. The third-order valence-corrected chi connectivity index (χ3v) is 5.29. The number of nitro groups is 2. The van der Waals surface area contributed by atoms with Gasteiger partial charge in [0.25, 0.3) is 15.8 Å². The summed E-state index contributed by atoms with van der Waals surface area (Å²) < 4.78 is 32.1. The summed E-state index contributed by atoms with van der Waals surface area (Å²) >= 11 is 6.99. The summed E-state index contributed by atoms with van der Waals surface area (Å²) in [4.78, 5) is 30.6. The second-order valence-corrected chi connectivity index (χ2v) is 7.77. The number of nitrogens with one attached hydrogen (secondary N) is 1. The van der Waals surface area contributed by atoms with Crippen LogP contribution in [0.3, 0.4) is 0 Å². The van der Waals surface area contributed by atoms with Gasteiger partial charge in [-0.15, -0.1) is 11.6 Å². The minimum absolute atomic E-state index is 0.0751. The molecule has 0 aliphatic carbocycles. The number of carbonyl (C=O) groups excluding carboxylic acids is 1. The van der Waals surface area contributed by atoms with Crippen molar-refractivity contribution in [2.45, 2.75) is 17.7 Å². The fourth-order valence-corrected chi connectivity index (χ4v) is 3.53. The molecule has 0 aliphatic heterocycles. The molecule has 144 valence electrons. The molecule has 0 aromatic heterocycles. The Morgan fingerprint density at radius 3 is 2.38 bits per heavy atom. The SMILES string of the molecule is O=C(CCCSCCCl)Nc1c([N+](=O)[O-])cc([N+](=O)[O-])cc1S(=O)(=O)O. The highest BCUT2D eigenvalue weighted by atomic mass is 35.5. The first kappa shape index (κ1) is 22.1. The minimum Gasteiger partial charge on any atom is -0.319 e. The zero-order valence-electron chi connectivity index (χ0n) is 13.1. The summed E-state index contributed by atoms with van der Waals surface area (Å²) in [6.07, 6.45) is 0.323. The molecular formula is C12H14ClN3O8S2. The van der Waals surface area contributed by atoms with Crippen LogP contribution in [0.2, 0.25) is 0 Å². The second-order valence-electron chi connectivity index (χ2n) is 4.78. The van der Waals surface area contributed by atoms with E-state index in [-0.39, 0.29) is 6.42 Å². The van der Waals surface area contributed by atoms with Crippen LogP contribution in [-0.4, -0.2) is 46.1 Å². The first-order valence-corrected chi connectivity index (χ1v) is 10.1. The van der Waals surface area contributed by atoms with Gasteiger partial charge in [-0.3, -0.25) is 29.6 Å². The molecule has 0 radical (unpaired) electrons. The van der Waals surface area contributed by atoms with Crippen molar-refractivity contribution in [2.75, 3.05) is 22.7 Å². The van der Waals surface area contributed by atoms with E-state index < -0.39 is 47.8 Å². The molecule has 1 amide bonds. The van der Waals surface area contributed by atoms with Crippen molar-refractivity contribution in [3.05, 3.63) is 32.4 Å². The number of rotatable bonds is 10. The third kappa shape index (κ3) is 6.40. The van der Waals surface area contributed by atoms with Crippen molar-refractivity contribution in [3.8, 4) is 0 Å². The van der Waals surface area contributed by atoms with Crippen LogP contribution >= 0.6 is 23.4 Å². The van der Waals surface area contributed by atoms with Crippen LogP contribution in [0.25, 0.3) is 0 Å². The Labute approximate surface area is 157 Å². The number of carbonyl (C=O) groups is 1. The lowest BCUT2D eigenvalue weighted by Crippen LogP contribution is -2.16. The largest absolute Gasteiger partial charge is 0.319 e. The lowest BCUT2D eigenvalue weighted by molar-refractivity contribution is -0.393. The quantitative estimate of drug-likeness (QED) is 0.187. The van der Waals surface area contributed by atoms with Crippen LogP contribution in [-0.2, 0) is 14.9 Å². The van der Waals surface area contributed by atoms with E-state index in [1.54, 1.807) is 0 Å². The van der Waals surface area contributed by atoms with Gasteiger partial charge in [0.1, 0.15) is 10.6 Å². The van der Waals surface area contributed by atoms with Crippen molar-refractivity contribution in [1.82, 2.24) is 0 Å². The topological polar surface area (TPSA) is 170 Å². The van der Waals surface area contributed by atoms with Gasteiger partial charge in [-0.05, 0) is 12.2 Å². The number of hydrogen-bond acceptors (Lipinski definition) is 8. The molecule has 0 saturated heterocycles. The Hall–Kier alpha value is -1.96. The number of halogens is 1. The number of non-ortho nitro benzene ring substituents is 1. The summed E-state index contributed by atoms with van der Waals surface area (Å²) in [6.45, 7) is 0. The van der Waals surface area contributed by atoms with Crippen molar-refractivity contribution in [2.24, 2.45) is 0 Å². The van der Waals surface area contributed by atoms with Gasteiger partial charge >= 0.3 is 5.69 Å². The van der Waals surface area contributed by atoms with Gasteiger partial charge in [-0.25, -0.2) is 0 Å². The molecule has 0 spiro atoms. The van der Waals surface area contributed by atoms with Gasteiger partial charge in [0.2, 0.25) is 5.91 Å². The standard InChI is InChI=1S/C12H14ClN3O8S2/c13-3-5-25-4-1-2-11(17)14-12-9(16(20)21)6-8(15(18)19)7-10(12)26(22,23)24/h6-7H,1-5H2,(H,14,17)(H,22,23,24). The van der Waals surface area contributed by atoms with E-state index in [1.807, 2.05) is 5.32 Å². The van der Waals surface area contributed by atoms with E-state index in [0.717, 1.165) is 0 Å². The van der Waals surface area contributed by atoms with Gasteiger partial charge in [-0.1, -0.05) is 0 Å². The number of alkyl halides is 1. The second kappa shape index (κ2) is 9.66. The number of thioether (sulfide) groups is 1. The Morgan fingerprint density at radius 2 is 1.88 bits per heavy atom. The molecule has 0 atom stereocenters. The van der Waals surface area contributed by atoms with Crippen LogP contribution in [0.15, 0.2) is 17.0 Å². The van der Waals surface area contributed by atoms with E-state index in [1.165, 1.54) is 11.8 Å². The van der Waals surface area contributed by atoms with Crippen LogP contribution in [0.4, 0.5) is 17.1 Å². The molecule has 26 heavy (non-hydrogen) atoms. The Bertz CT molecular complexity index is 815. The van der Waals surface area contributed by atoms with Crippen molar-refractivity contribution in [3.63, 3.8) is 0 Å². The van der Waals surface area contributed by atoms with Crippen molar-refractivity contribution in [1.29, 1.82) is 0 Å². The summed E-state index contributed by atoms with van der Waals surface area (Å²) in [5, 5.41) is 24.0. The summed E-state index contributed by atoms with van der Waals surface area (Å²) in [6, 6.07) is 0.939. The Morgan fingerprint density at radius 1 is 1.23 bits per heavy atom. The van der Waals surface area contributed by atoms with Gasteiger partial charge in [0.15, 0.2) is 0 Å². The number of anilines is 1. The number of amides is 1. The van der Waals surface area contributed by atoms with E-state index in [9.17, 15) is 38.0 Å². The minimum atomic E-state index is -5.07. The lowest BCUT2D eigenvalue weighted by Gasteiger charge is -2.10. The van der Waals surface area contributed by atoms with Crippen LogP contribution < -0.4 is 5.32 Å². The first-order chi connectivity index (χ1) is 12.1. The summed E-state index contributed by atoms with van der Waals surface area (Å²) in [5.41, 5.74) is -2.75. The lowest BCUT2D eigenvalue weighted by atomic mass is 10.2. The third-order valence-electron chi connectivity index (χ3n) is 2.93. The molecule has 0 aliphatic rings. The molecule has 0 fully saturated rings. The first-order valence-electron chi connectivity index (χ1n) is 6.95. The highest BCUT2D eigenvalue weighted by Gasteiger charge is 2.30. The molecule has 0 bridgehead atoms. The molecule has 1 aromatic carbocycles. The summed E-state index contributed by atoms with van der Waals surface area (Å²) in [7, 11) is -5.07. The monoisotopic (exact) mass is 427 g/mol. The Balaban J connectivity index is 3.17. The number of nitro benzene ring substituents is 2. The van der Waals surface area contributed by atoms with E-state index in [4.69, 9.17) is 11.6 Å². The normalized spacial score (nSPS) is 11.2. The number of nitrogens with zero attached hydrogens (tertiary/aromatic N) is 2. The molecule has 0 unspecified atom stereocenters. The Kier molecular flexibility index (Phi) is 8.20. The zero-order chi connectivity index (χ0) is 19.9. The fraction of sp³-hybridized carbons (Fsp3) is 0.417. The van der Waals surface area contributed by atoms with Crippen molar-refractivity contribution < 1.29 is 27.6 Å². The highest BCUT2D eigenvalue weighted by Crippen LogP contribution is 2.36. The van der Waals surface area contributed by atoms with Crippen LogP contribution in [0.5, 0.6) is 0 Å². The smallest absolute Gasteiger partial charge is 0.301 e. The molecule has 0 heterocycles. The predicted molar refractivity (Wildman–Crippen MR) is 95.5 cm³/mol. The zero-order valence-corrected chi connectivity index (χ0v) is 15.5. The van der Waals surface area contributed by atoms with Gasteiger partial charge < -0.3 is 5.32 Å². The molecule has 1 aromatic rings. The molecule has 11 nitrogen and oxygen atoms in total.